The Kier molecular flexibility index (Phi) is 13.8. The fourth-order valence-corrected chi connectivity index (χ4v) is 3.45. The van der Waals surface area contributed by atoms with E-state index < -0.39 is 11.9 Å². The molecular weight excluding hydrogens is 610 g/mol. The van der Waals surface area contributed by atoms with E-state index in [0.717, 1.165) is 22.6 Å². The van der Waals surface area contributed by atoms with Crippen molar-refractivity contribution in [2.24, 2.45) is 0 Å². The van der Waals surface area contributed by atoms with Gasteiger partial charge in [0.2, 0.25) is 0 Å². The Morgan fingerprint density at radius 2 is 0.814 bits per heavy atom. The molecule has 10 nitrogen and oxygen atoms in total. The number of carboxylic acids is 2. The van der Waals surface area contributed by atoms with Crippen LogP contribution in [-0.4, -0.2) is 48.6 Å². The maximum Gasteiger partial charge on any atom is 2.00 e. The Morgan fingerprint density at radius 1 is 0.535 bits per heavy atom. The van der Waals surface area contributed by atoms with E-state index in [0.29, 0.717) is 24.7 Å². The van der Waals surface area contributed by atoms with E-state index in [9.17, 15) is 30.0 Å². The van der Waals surface area contributed by atoms with E-state index in [-0.39, 0.29) is 55.3 Å². The number of phenols is 2. The molecule has 4 rings (SSSR count). The van der Waals surface area contributed by atoms with Gasteiger partial charge in [-0.1, -0.05) is 35.4 Å². The summed E-state index contributed by atoms with van der Waals surface area (Å²) in [5.74, 6) is -1.39. The third-order valence-electron chi connectivity index (χ3n) is 5.66. The zero-order valence-electron chi connectivity index (χ0n) is 23.8. The van der Waals surface area contributed by atoms with E-state index in [1.807, 2.05) is 62.4 Å². The van der Waals surface area contributed by atoms with Crippen molar-refractivity contribution < 1.29 is 68.4 Å². The smallest absolute Gasteiger partial charge is 0.545 e. The molecule has 2 N–H and O–H groups in total. The quantitative estimate of drug-likeness (QED) is 0.174. The van der Waals surface area contributed by atoms with Crippen molar-refractivity contribution in [1.82, 2.24) is 0 Å². The average molecular weight is 640 g/mol. The van der Waals surface area contributed by atoms with E-state index in [2.05, 4.69) is 0 Å². The summed E-state index contributed by atoms with van der Waals surface area (Å²) >= 11 is 0. The molecule has 0 bridgehead atoms. The fraction of sp³-hybridized carbons (Fsp3) is 0.188. The van der Waals surface area contributed by atoms with Crippen molar-refractivity contribution in [1.29, 1.82) is 0 Å². The van der Waals surface area contributed by atoms with Gasteiger partial charge in [-0.3, -0.25) is 0 Å². The number of benzene rings is 4. The van der Waals surface area contributed by atoms with Crippen LogP contribution in [0.3, 0.4) is 0 Å². The van der Waals surface area contributed by atoms with Crippen LogP contribution >= 0.6 is 0 Å². The molecule has 11 heteroatoms. The van der Waals surface area contributed by atoms with Crippen LogP contribution in [-0.2, 0) is 19.5 Å². The molecule has 43 heavy (non-hydrogen) atoms. The number of aryl methyl sites for hydroxylation is 2. The van der Waals surface area contributed by atoms with E-state index in [4.69, 9.17) is 18.9 Å². The predicted octanol–water partition coefficient (Wildman–Crippen LogP) is 3.04. The van der Waals surface area contributed by atoms with Gasteiger partial charge in [0, 0.05) is 23.3 Å². The predicted molar refractivity (Wildman–Crippen MR) is 149 cm³/mol. The van der Waals surface area contributed by atoms with Gasteiger partial charge in [-0.25, -0.2) is 0 Å². The molecule has 0 aliphatic heterocycles. The van der Waals surface area contributed by atoms with Gasteiger partial charge >= 0.3 is 19.5 Å². The number of hydrogen-bond donors (Lipinski definition) is 2. The van der Waals surface area contributed by atoms with Crippen LogP contribution in [0.25, 0.3) is 0 Å². The van der Waals surface area contributed by atoms with Crippen molar-refractivity contribution in [3.05, 3.63) is 107 Å². The maximum atomic E-state index is 10.6. The summed E-state index contributed by atoms with van der Waals surface area (Å²) in [5, 5.41) is 40.3. The molecule has 220 valence electrons. The normalized spacial score (nSPS) is 9.91. The van der Waals surface area contributed by atoms with Crippen molar-refractivity contribution in [3.63, 3.8) is 0 Å². The minimum atomic E-state index is -1.43. The molecule has 0 amide bonds. The first-order valence-corrected chi connectivity index (χ1v) is 12.9. The zero-order valence-corrected chi connectivity index (χ0v) is 26.7. The number of carbonyl (C=O) groups excluding carboxylic acids is 2. The van der Waals surface area contributed by atoms with Crippen molar-refractivity contribution in [2.45, 2.75) is 13.8 Å². The molecule has 0 aliphatic carbocycles. The molecule has 0 aromatic heterocycles. The molecule has 0 heterocycles. The van der Waals surface area contributed by atoms with Gasteiger partial charge in [0.15, 0.2) is 0 Å². The summed E-state index contributed by atoms with van der Waals surface area (Å²) in [7, 11) is 0. The molecule has 0 atom stereocenters. The first-order chi connectivity index (χ1) is 20.1. The molecule has 0 saturated heterocycles. The van der Waals surface area contributed by atoms with E-state index in [1.54, 1.807) is 0 Å². The monoisotopic (exact) mass is 638 g/mol. The second-order valence-corrected chi connectivity index (χ2v) is 8.95. The van der Waals surface area contributed by atoms with E-state index >= 15 is 0 Å². The molecular formula is C32H30O10Zn. The molecule has 0 aliphatic rings. The second-order valence-electron chi connectivity index (χ2n) is 8.95. The van der Waals surface area contributed by atoms with Crippen LogP contribution in [0.5, 0.6) is 34.5 Å². The molecule has 0 spiro atoms. The minimum Gasteiger partial charge on any atom is -0.545 e. The molecule has 0 saturated carbocycles. The molecule has 0 fully saturated rings. The third-order valence-corrected chi connectivity index (χ3v) is 5.66. The van der Waals surface area contributed by atoms with Crippen molar-refractivity contribution in [3.8, 4) is 34.5 Å². The summed E-state index contributed by atoms with van der Waals surface area (Å²) in [6.45, 7) is 5.22. The Bertz CT molecular complexity index is 1360. The summed E-state index contributed by atoms with van der Waals surface area (Å²) in [5.41, 5.74) is 1.78. The Morgan fingerprint density at radius 3 is 1.09 bits per heavy atom. The standard InChI is InChI=1S/2C16H16O5.Zn/c2*1-11-2-4-12(5-3-11)20-8-9-21-13-6-7-14(16(18)19)15(17)10-13;/h2*2-7,10,17H,8-9H2,1H3,(H,18,19);/q;;+2/p-2. The number of carbonyl (C=O) groups is 2. The first kappa shape index (κ1) is 34.4. The van der Waals surface area contributed by atoms with Gasteiger partial charge in [-0.15, -0.1) is 0 Å². The van der Waals surface area contributed by atoms with Crippen LogP contribution in [0.15, 0.2) is 84.9 Å². The summed E-state index contributed by atoms with van der Waals surface area (Å²) in [6, 6.07) is 23.1. The van der Waals surface area contributed by atoms with E-state index in [1.165, 1.54) is 36.4 Å². The zero-order chi connectivity index (χ0) is 30.5. The second kappa shape index (κ2) is 17.3. The van der Waals surface area contributed by atoms with Crippen LogP contribution in [0.1, 0.15) is 31.8 Å². The first-order valence-electron chi connectivity index (χ1n) is 12.9. The Hall–Kier alpha value is -4.76. The van der Waals surface area contributed by atoms with Crippen molar-refractivity contribution in [2.75, 3.05) is 26.4 Å². The molecule has 4 aromatic carbocycles. The Balaban J connectivity index is 0.000000293. The molecule has 0 unspecified atom stereocenters. The van der Waals surface area contributed by atoms with Crippen LogP contribution in [0.2, 0.25) is 0 Å². The van der Waals surface area contributed by atoms with Crippen LogP contribution < -0.4 is 29.2 Å². The summed E-state index contributed by atoms with van der Waals surface area (Å²) in [6.07, 6.45) is 0. The number of aromatic carboxylic acids is 2. The topological polar surface area (TPSA) is 158 Å². The number of ether oxygens (including phenoxy) is 4. The van der Waals surface area contributed by atoms with Crippen LogP contribution in [0, 0.1) is 13.8 Å². The fourth-order valence-electron chi connectivity index (χ4n) is 3.45. The van der Waals surface area contributed by atoms with Gasteiger partial charge in [-0.05, 0) is 62.4 Å². The SMILES string of the molecule is Cc1ccc(OCCOc2ccc(C(=O)[O-])c(O)c2)cc1.Cc1ccc(OCCOc2ccc(C(=O)[O-])c(O)c2)cc1.[Zn+2]. The molecule has 0 radical (unpaired) electrons. The minimum absolute atomic E-state index is 0. The largest absolute Gasteiger partial charge is 2.00 e. The summed E-state index contributed by atoms with van der Waals surface area (Å²) < 4.78 is 21.7. The average Bonchev–Trinajstić information content (AvgIpc) is 2.95. The molecule has 4 aromatic rings. The van der Waals surface area contributed by atoms with Gasteiger partial charge in [0.05, 0.1) is 11.9 Å². The summed E-state index contributed by atoms with van der Waals surface area (Å²) in [4.78, 5) is 21.3. The number of aromatic hydroxyl groups is 2. The van der Waals surface area contributed by atoms with Crippen molar-refractivity contribution >= 4 is 11.9 Å². The number of carboxylic acid groups (broad SMARTS) is 2. The van der Waals surface area contributed by atoms with Gasteiger partial charge in [0.25, 0.3) is 0 Å². The van der Waals surface area contributed by atoms with Crippen LogP contribution in [0.4, 0.5) is 0 Å². The van der Waals surface area contributed by atoms with Gasteiger partial charge in [-0.2, -0.15) is 0 Å². The maximum absolute atomic E-state index is 10.6. The Labute approximate surface area is 261 Å². The van der Waals surface area contributed by atoms with Gasteiger partial charge < -0.3 is 49.0 Å². The third kappa shape index (κ3) is 11.6. The van der Waals surface area contributed by atoms with Gasteiger partial charge in [0.1, 0.15) is 60.9 Å². The number of rotatable bonds is 12. The number of hydrogen-bond acceptors (Lipinski definition) is 10.